The van der Waals surface area contributed by atoms with Gasteiger partial charge in [0.15, 0.2) is 0 Å². The molecule has 1 fully saturated rings. The van der Waals surface area contributed by atoms with Gasteiger partial charge < -0.3 is 10.6 Å². The van der Waals surface area contributed by atoms with Gasteiger partial charge in [0.25, 0.3) is 5.91 Å². The minimum atomic E-state index is -0.524. The van der Waals surface area contributed by atoms with Crippen molar-refractivity contribution in [2.24, 2.45) is 11.7 Å². The van der Waals surface area contributed by atoms with Crippen molar-refractivity contribution in [2.45, 2.75) is 26.2 Å². The second-order valence-corrected chi connectivity index (χ2v) is 7.47. The average molecular weight is 371 g/mol. The molecular weight excluding hydrogens is 348 g/mol. The van der Waals surface area contributed by atoms with Crippen molar-refractivity contribution in [2.75, 3.05) is 13.1 Å². The molecular formula is C21H23ClN2O2. The molecule has 2 N–H and O–H groups in total. The third-order valence-corrected chi connectivity index (χ3v) is 5.13. The number of rotatable bonds is 4. The molecule has 26 heavy (non-hydrogen) atoms. The lowest BCUT2D eigenvalue weighted by molar-refractivity contribution is 0.0682. The highest BCUT2D eigenvalue weighted by Crippen LogP contribution is 2.23. The standard InChI is InChI=1S/C21H23ClN2O2/c1-14-3-2-10-24(13-14)21(26)19-12-17(20(23)25)7-6-16(19)11-15-4-8-18(22)9-5-15/h4-9,12,14H,2-3,10-11,13H2,1H3,(H2,23,25). The van der Waals surface area contributed by atoms with Crippen LogP contribution >= 0.6 is 11.6 Å². The van der Waals surface area contributed by atoms with Crippen LogP contribution in [0.3, 0.4) is 0 Å². The fourth-order valence-corrected chi connectivity index (χ4v) is 3.58. The number of carbonyl (C=O) groups is 2. The summed E-state index contributed by atoms with van der Waals surface area (Å²) in [7, 11) is 0. The van der Waals surface area contributed by atoms with Gasteiger partial charge >= 0.3 is 0 Å². The molecule has 0 aromatic heterocycles. The van der Waals surface area contributed by atoms with Crippen LogP contribution < -0.4 is 5.73 Å². The largest absolute Gasteiger partial charge is 0.366 e. The van der Waals surface area contributed by atoms with Crippen molar-refractivity contribution in [3.63, 3.8) is 0 Å². The van der Waals surface area contributed by atoms with E-state index in [9.17, 15) is 9.59 Å². The Bertz CT molecular complexity index is 817. The van der Waals surface area contributed by atoms with Gasteiger partial charge in [0, 0.05) is 29.2 Å². The maximum absolute atomic E-state index is 13.1. The third-order valence-electron chi connectivity index (χ3n) is 4.88. The van der Waals surface area contributed by atoms with Crippen LogP contribution in [-0.2, 0) is 6.42 Å². The number of amides is 2. The Balaban J connectivity index is 1.94. The predicted octanol–water partition coefficient (Wildman–Crippen LogP) is 3.90. The normalized spacial score (nSPS) is 17.2. The van der Waals surface area contributed by atoms with Crippen molar-refractivity contribution in [1.29, 1.82) is 0 Å². The smallest absolute Gasteiger partial charge is 0.254 e. The number of likely N-dealkylation sites (tertiary alicyclic amines) is 1. The summed E-state index contributed by atoms with van der Waals surface area (Å²) >= 11 is 5.96. The maximum Gasteiger partial charge on any atom is 0.254 e. The molecule has 4 nitrogen and oxygen atoms in total. The lowest BCUT2D eigenvalue weighted by Gasteiger charge is -2.31. The predicted molar refractivity (Wildman–Crippen MR) is 104 cm³/mol. The minimum absolute atomic E-state index is 0.0244. The van der Waals surface area contributed by atoms with Crippen LogP contribution in [0.4, 0.5) is 0 Å². The number of piperidine rings is 1. The van der Waals surface area contributed by atoms with Crippen molar-refractivity contribution in [3.8, 4) is 0 Å². The van der Waals surface area contributed by atoms with E-state index in [1.165, 1.54) is 0 Å². The molecule has 0 bridgehead atoms. The van der Waals surface area contributed by atoms with Crippen molar-refractivity contribution in [3.05, 3.63) is 69.7 Å². The first kappa shape index (κ1) is 18.5. The van der Waals surface area contributed by atoms with Gasteiger partial charge in [0.05, 0.1) is 0 Å². The molecule has 1 aliphatic heterocycles. The van der Waals surface area contributed by atoms with Gasteiger partial charge in [-0.2, -0.15) is 0 Å². The molecule has 1 unspecified atom stereocenters. The van der Waals surface area contributed by atoms with Crippen LogP contribution in [0.5, 0.6) is 0 Å². The van der Waals surface area contributed by atoms with E-state index in [0.717, 1.165) is 37.1 Å². The third kappa shape index (κ3) is 4.25. The molecule has 0 aliphatic carbocycles. The van der Waals surface area contributed by atoms with E-state index in [1.807, 2.05) is 35.2 Å². The Morgan fingerprint density at radius 3 is 2.58 bits per heavy atom. The van der Waals surface area contributed by atoms with E-state index in [0.29, 0.717) is 28.5 Å². The van der Waals surface area contributed by atoms with E-state index in [-0.39, 0.29) is 5.91 Å². The Morgan fingerprint density at radius 1 is 1.19 bits per heavy atom. The van der Waals surface area contributed by atoms with E-state index >= 15 is 0 Å². The lowest BCUT2D eigenvalue weighted by Crippen LogP contribution is -2.39. The SMILES string of the molecule is CC1CCCN(C(=O)c2cc(C(N)=O)ccc2Cc2ccc(Cl)cc2)C1. The lowest BCUT2D eigenvalue weighted by atomic mass is 9.94. The topological polar surface area (TPSA) is 63.4 Å². The monoisotopic (exact) mass is 370 g/mol. The van der Waals surface area contributed by atoms with Crippen molar-refractivity contribution in [1.82, 2.24) is 4.90 Å². The fourth-order valence-electron chi connectivity index (χ4n) is 3.45. The molecule has 1 atom stereocenters. The molecule has 1 saturated heterocycles. The first-order valence-electron chi connectivity index (χ1n) is 8.90. The Morgan fingerprint density at radius 2 is 1.92 bits per heavy atom. The molecule has 3 rings (SSSR count). The molecule has 0 saturated carbocycles. The molecule has 2 amide bonds. The van der Waals surface area contributed by atoms with Gasteiger partial charge in [-0.3, -0.25) is 9.59 Å². The Hall–Kier alpha value is -2.33. The highest BCUT2D eigenvalue weighted by atomic mass is 35.5. The summed E-state index contributed by atoms with van der Waals surface area (Å²) in [5, 5.41) is 0.677. The quantitative estimate of drug-likeness (QED) is 0.887. The van der Waals surface area contributed by atoms with E-state index < -0.39 is 5.91 Å². The summed E-state index contributed by atoms with van der Waals surface area (Å²) in [6.07, 6.45) is 2.75. The number of halogens is 1. The number of nitrogens with two attached hydrogens (primary N) is 1. The zero-order valence-corrected chi connectivity index (χ0v) is 15.6. The molecule has 1 heterocycles. The summed E-state index contributed by atoms with van der Waals surface area (Å²) < 4.78 is 0. The highest BCUT2D eigenvalue weighted by Gasteiger charge is 2.24. The van der Waals surface area contributed by atoms with Crippen LogP contribution in [0, 0.1) is 5.92 Å². The summed E-state index contributed by atoms with van der Waals surface area (Å²) in [5.74, 6) is -0.0561. The molecule has 5 heteroatoms. The molecule has 2 aromatic carbocycles. The van der Waals surface area contributed by atoms with E-state index in [2.05, 4.69) is 6.92 Å². The van der Waals surface area contributed by atoms with Gasteiger partial charge in [0.1, 0.15) is 0 Å². The second-order valence-electron chi connectivity index (χ2n) is 7.04. The van der Waals surface area contributed by atoms with Crippen LogP contribution in [0.1, 0.15) is 51.6 Å². The maximum atomic E-state index is 13.1. The molecule has 0 radical (unpaired) electrons. The van der Waals surface area contributed by atoms with E-state index in [4.69, 9.17) is 17.3 Å². The van der Waals surface area contributed by atoms with Crippen molar-refractivity contribution < 1.29 is 9.59 Å². The van der Waals surface area contributed by atoms with Gasteiger partial charge in [0.2, 0.25) is 5.91 Å². The van der Waals surface area contributed by atoms with Gasteiger partial charge in [-0.05, 0) is 60.6 Å². The zero-order valence-electron chi connectivity index (χ0n) is 14.9. The molecule has 2 aromatic rings. The Kier molecular flexibility index (Phi) is 5.62. The summed E-state index contributed by atoms with van der Waals surface area (Å²) in [5.41, 5.74) is 8.29. The number of benzene rings is 2. The van der Waals surface area contributed by atoms with Gasteiger partial charge in [-0.25, -0.2) is 0 Å². The summed E-state index contributed by atoms with van der Waals surface area (Å²) in [6, 6.07) is 12.7. The van der Waals surface area contributed by atoms with Gasteiger partial charge in [-0.15, -0.1) is 0 Å². The molecule has 136 valence electrons. The number of primary amides is 1. The summed E-state index contributed by atoms with van der Waals surface area (Å²) in [6.45, 7) is 3.66. The number of nitrogens with zero attached hydrogens (tertiary/aromatic N) is 1. The average Bonchev–Trinajstić information content (AvgIpc) is 2.63. The van der Waals surface area contributed by atoms with Crippen LogP contribution in [0.15, 0.2) is 42.5 Å². The Labute approximate surface area is 158 Å². The first-order chi connectivity index (χ1) is 12.4. The van der Waals surface area contributed by atoms with Crippen LogP contribution in [-0.4, -0.2) is 29.8 Å². The summed E-state index contributed by atoms with van der Waals surface area (Å²) in [4.78, 5) is 26.6. The molecule has 0 spiro atoms. The van der Waals surface area contributed by atoms with Crippen molar-refractivity contribution >= 4 is 23.4 Å². The number of hydrogen-bond acceptors (Lipinski definition) is 2. The second kappa shape index (κ2) is 7.92. The zero-order chi connectivity index (χ0) is 18.7. The van der Waals surface area contributed by atoms with Crippen LogP contribution in [0.2, 0.25) is 5.02 Å². The van der Waals surface area contributed by atoms with Crippen LogP contribution in [0.25, 0.3) is 0 Å². The minimum Gasteiger partial charge on any atom is -0.366 e. The number of hydrogen-bond donors (Lipinski definition) is 1. The first-order valence-corrected chi connectivity index (χ1v) is 9.28. The van der Waals surface area contributed by atoms with Gasteiger partial charge in [-0.1, -0.05) is 36.7 Å². The highest BCUT2D eigenvalue weighted by molar-refractivity contribution is 6.30. The molecule has 1 aliphatic rings. The van der Waals surface area contributed by atoms with E-state index in [1.54, 1.807) is 12.1 Å². The fraction of sp³-hybridized carbons (Fsp3) is 0.333. The number of carbonyl (C=O) groups excluding carboxylic acids is 2.